The normalized spacial score (nSPS) is 10.5. The molecular formula is C15H15BrO2S. The quantitative estimate of drug-likeness (QED) is 0.755. The highest BCUT2D eigenvalue weighted by molar-refractivity contribution is 9.10. The molecule has 0 aliphatic rings. The van der Waals surface area contributed by atoms with Gasteiger partial charge in [0.25, 0.3) is 0 Å². The minimum absolute atomic E-state index is 0.0225. The molecule has 0 amide bonds. The second-order valence-corrected chi connectivity index (χ2v) is 6.79. The summed E-state index contributed by atoms with van der Waals surface area (Å²) in [5, 5.41) is 0. The number of benzene rings is 1. The van der Waals surface area contributed by atoms with Crippen LogP contribution in [0.4, 0.5) is 0 Å². The molecule has 2 aromatic rings. The summed E-state index contributed by atoms with van der Waals surface area (Å²) in [5.41, 5.74) is 1.92. The second-order valence-electron chi connectivity index (χ2n) is 4.47. The number of hydrogen-bond donors (Lipinski definition) is 0. The molecule has 1 aromatic carbocycles. The van der Waals surface area contributed by atoms with Crippen LogP contribution in [0, 0.1) is 20.8 Å². The van der Waals surface area contributed by atoms with E-state index >= 15 is 0 Å². The monoisotopic (exact) mass is 338 g/mol. The fourth-order valence-corrected chi connectivity index (χ4v) is 3.40. The van der Waals surface area contributed by atoms with Gasteiger partial charge >= 0.3 is 0 Å². The van der Waals surface area contributed by atoms with E-state index < -0.39 is 0 Å². The van der Waals surface area contributed by atoms with E-state index in [9.17, 15) is 4.79 Å². The van der Waals surface area contributed by atoms with E-state index in [1.165, 1.54) is 0 Å². The summed E-state index contributed by atoms with van der Waals surface area (Å²) >= 11 is 5.08. The first kappa shape index (κ1) is 14.3. The Labute approximate surface area is 125 Å². The topological polar surface area (TPSA) is 26.3 Å². The minimum atomic E-state index is 0.0225. The van der Waals surface area contributed by atoms with Crippen LogP contribution in [-0.2, 0) is 0 Å². The SMILES string of the molecule is Cc1ccc(OCC(=O)c2cc(C)sc2C)c(Br)c1. The highest BCUT2D eigenvalue weighted by Crippen LogP contribution is 2.26. The molecule has 0 aliphatic carbocycles. The summed E-state index contributed by atoms with van der Waals surface area (Å²) in [4.78, 5) is 14.3. The van der Waals surface area contributed by atoms with Crippen molar-refractivity contribution in [3.63, 3.8) is 0 Å². The molecule has 0 bridgehead atoms. The van der Waals surface area contributed by atoms with Crippen molar-refractivity contribution in [3.8, 4) is 5.75 Å². The highest BCUT2D eigenvalue weighted by Gasteiger charge is 2.13. The number of carbonyl (C=O) groups is 1. The molecule has 0 radical (unpaired) electrons. The van der Waals surface area contributed by atoms with Crippen molar-refractivity contribution in [2.24, 2.45) is 0 Å². The predicted octanol–water partition coefficient (Wildman–Crippen LogP) is 4.70. The molecule has 19 heavy (non-hydrogen) atoms. The standard InChI is InChI=1S/C15H15BrO2S/c1-9-4-5-15(13(16)6-9)18-8-14(17)12-7-10(2)19-11(12)3/h4-7H,8H2,1-3H3. The van der Waals surface area contributed by atoms with E-state index in [-0.39, 0.29) is 12.4 Å². The summed E-state index contributed by atoms with van der Waals surface area (Å²) in [5.74, 6) is 0.720. The number of rotatable bonds is 4. The number of ketones is 1. The summed E-state index contributed by atoms with van der Waals surface area (Å²) < 4.78 is 6.45. The van der Waals surface area contributed by atoms with E-state index in [0.717, 1.165) is 25.4 Å². The largest absolute Gasteiger partial charge is 0.484 e. The molecular weight excluding hydrogens is 324 g/mol. The van der Waals surface area contributed by atoms with Crippen molar-refractivity contribution < 1.29 is 9.53 Å². The lowest BCUT2D eigenvalue weighted by Crippen LogP contribution is -2.12. The molecule has 0 fully saturated rings. The molecule has 0 atom stereocenters. The van der Waals surface area contributed by atoms with E-state index in [4.69, 9.17) is 4.74 Å². The van der Waals surface area contributed by atoms with Crippen molar-refractivity contribution in [1.29, 1.82) is 0 Å². The Bertz CT molecular complexity index is 617. The molecule has 0 saturated carbocycles. The van der Waals surface area contributed by atoms with Crippen LogP contribution in [0.5, 0.6) is 5.75 Å². The van der Waals surface area contributed by atoms with Crippen LogP contribution in [0.25, 0.3) is 0 Å². The van der Waals surface area contributed by atoms with Crippen molar-refractivity contribution in [2.45, 2.75) is 20.8 Å². The number of carbonyl (C=O) groups excluding carboxylic acids is 1. The van der Waals surface area contributed by atoms with Crippen LogP contribution in [-0.4, -0.2) is 12.4 Å². The zero-order valence-electron chi connectivity index (χ0n) is 11.1. The van der Waals surface area contributed by atoms with Gasteiger partial charge in [0.05, 0.1) is 4.47 Å². The molecule has 0 aliphatic heterocycles. The van der Waals surface area contributed by atoms with Crippen LogP contribution < -0.4 is 4.74 Å². The van der Waals surface area contributed by atoms with Crippen molar-refractivity contribution >= 4 is 33.0 Å². The van der Waals surface area contributed by atoms with Crippen LogP contribution >= 0.6 is 27.3 Å². The van der Waals surface area contributed by atoms with E-state index in [1.54, 1.807) is 11.3 Å². The highest BCUT2D eigenvalue weighted by atomic mass is 79.9. The van der Waals surface area contributed by atoms with Gasteiger partial charge in [-0.15, -0.1) is 11.3 Å². The first-order valence-corrected chi connectivity index (χ1v) is 7.57. The van der Waals surface area contributed by atoms with Gasteiger partial charge < -0.3 is 4.74 Å². The lowest BCUT2D eigenvalue weighted by Gasteiger charge is -2.08. The number of aryl methyl sites for hydroxylation is 3. The smallest absolute Gasteiger partial charge is 0.201 e. The molecule has 1 aromatic heterocycles. The Hall–Kier alpha value is -1.13. The first-order valence-electron chi connectivity index (χ1n) is 5.96. The van der Waals surface area contributed by atoms with Gasteiger partial charge in [0, 0.05) is 15.3 Å². The minimum Gasteiger partial charge on any atom is -0.484 e. The lowest BCUT2D eigenvalue weighted by atomic mass is 10.2. The number of ether oxygens (including phenoxy) is 1. The van der Waals surface area contributed by atoms with Crippen LogP contribution in [0.2, 0.25) is 0 Å². The molecule has 0 unspecified atom stereocenters. The summed E-state index contributed by atoms with van der Waals surface area (Å²) in [6.07, 6.45) is 0. The van der Waals surface area contributed by atoms with Gasteiger partial charge in [-0.25, -0.2) is 0 Å². The summed E-state index contributed by atoms with van der Waals surface area (Å²) in [6, 6.07) is 7.73. The maximum absolute atomic E-state index is 12.1. The molecule has 4 heteroatoms. The Kier molecular flexibility index (Phi) is 4.42. The van der Waals surface area contributed by atoms with Crippen LogP contribution in [0.3, 0.4) is 0 Å². The van der Waals surface area contributed by atoms with Gasteiger partial charge in [-0.3, -0.25) is 4.79 Å². The lowest BCUT2D eigenvalue weighted by molar-refractivity contribution is 0.0921. The van der Waals surface area contributed by atoms with Crippen molar-refractivity contribution in [1.82, 2.24) is 0 Å². The fraction of sp³-hybridized carbons (Fsp3) is 0.267. The Morgan fingerprint density at radius 3 is 2.58 bits per heavy atom. The molecule has 0 spiro atoms. The van der Waals surface area contributed by atoms with E-state index in [2.05, 4.69) is 15.9 Å². The van der Waals surface area contributed by atoms with Crippen LogP contribution in [0.1, 0.15) is 25.7 Å². The number of halogens is 1. The van der Waals surface area contributed by atoms with E-state index in [0.29, 0.717) is 5.75 Å². The average Bonchev–Trinajstić information content (AvgIpc) is 2.67. The third kappa shape index (κ3) is 3.45. The zero-order valence-corrected chi connectivity index (χ0v) is 13.5. The Morgan fingerprint density at radius 2 is 2.00 bits per heavy atom. The molecule has 0 N–H and O–H groups in total. The van der Waals surface area contributed by atoms with Crippen molar-refractivity contribution in [2.75, 3.05) is 6.61 Å². The second kappa shape index (κ2) is 5.88. The van der Waals surface area contributed by atoms with Gasteiger partial charge in [-0.05, 0) is 60.5 Å². The summed E-state index contributed by atoms with van der Waals surface area (Å²) in [7, 11) is 0. The van der Waals surface area contributed by atoms with Gasteiger partial charge in [0.2, 0.25) is 5.78 Å². The Morgan fingerprint density at radius 1 is 1.26 bits per heavy atom. The van der Waals surface area contributed by atoms with Crippen LogP contribution in [0.15, 0.2) is 28.7 Å². The van der Waals surface area contributed by atoms with Gasteiger partial charge in [0.1, 0.15) is 5.75 Å². The average molecular weight is 339 g/mol. The predicted molar refractivity (Wildman–Crippen MR) is 82.5 cm³/mol. The number of thiophene rings is 1. The number of Topliss-reactive ketones (excluding diaryl/α,β-unsaturated/α-hetero) is 1. The molecule has 100 valence electrons. The van der Waals surface area contributed by atoms with Gasteiger partial charge in [-0.1, -0.05) is 6.07 Å². The van der Waals surface area contributed by atoms with Crippen molar-refractivity contribution in [3.05, 3.63) is 49.6 Å². The number of hydrogen-bond acceptors (Lipinski definition) is 3. The maximum Gasteiger partial charge on any atom is 0.201 e. The maximum atomic E-state index is 12.1. The van der Waals surface area contributed by atoms with Gasteiger partial charge in [0.15, 0.2) is 6.61 Å². The first-order chi connectivity index (χ1) is 8.97. The van der Waals surface area contributed by atoms with E-state index in [1.807, 2.05) is 45.0 Å². The fourth-order valence-electron chi connectivity index (χ4n) is 1.85. The Balaban J connectivity index is 2.06. The molecule has 2 rings (SSSR count). The molecule has 2 nitrogen and oxygen atoms in total. The van der Waals surface area contributed by atoms with Gasteiger partial charge in [-0.2, -0.15) is 0 Å². The molecule has 0 saturated heterocycles. The zero-order chi connectivity index (χ0) is 14.0. The third-order valence-corrected chi connectivity index (χ3v) is 4.37. The summed E-state index contributed by atoms with van der Waals surface area (Å²) in [6.45, 7) is 6.05. The third-order valence-electron chi connectivity index (χ3n) is 2.79. The molecule has 1 heterocycles.